The van der Waals surface area contributed by atoms with Crippen LogP contribution in [-0.2, 0) is 16.4 Å². The number of benzene rings is 2. The highest BCUT2D eigenvalue weighted by molar-refractivity contribution is 7.92. The fraction of sp³-hybridized carbons (Fsp3) is 0.357. The fourth-order valence-electron chi connectivity index (χ4n) is 5.74. The van der Waals surface area contributed by atoms with Gasteiger partial charge in [-0.2, -0.15) is 9.97 Å². The Morgan fingerprint density at radius 3 is 2.67 bits per heavy atom. The van der Waals surface area contributed by atoms with Crippen LogP contribution in [-0.4, -0.2) is 56.4 Å². The zero-order chi connectivity index (χ0) is 27.1. The van der Waals surface area contributed by atoms with Crippen molar-refractivity contribution in [1.82, 2.24) is 20.3 Å². The van der Waals surface area contributed by atoms with E-state index in [-0.39, 0.29) is 0 Å². The summed E-state index contributed by atoms with van der Waals surface area (Å²) in [5.74, 6) is 2.21. The van der Waals surface area contributed by atoms with E-state index in [1.54, 1.807) is 7.11 Å². The number of sulfonamides is 1. The van der Waals surface area contributed by atoms with Crippen molar-refractivity contribution < 1.29 is 13.2 Å². The number of nitrogens with one attached hydrogen (secondary N) is 4. The van der Waals surface area contributed by atoms with Crippen molar-refractivity contribution in [3.63, 3.8) is 0 Å². The molecule has 6 rings (SSSR count). The Morgan fingerprint density at radius 2 is 1.90 bits per heavy atom. The molecule has 1 saturated heterocycles. The molecule has 2 aromatic carbocycles. The van der Waals surface area contributed by atoms with Gasteiger partial charge in [0, 0.05) is 12.7 Å². The lowest BCUT2D eigenvalue weighted by Crippen LogP contribution is -2.28. The molecular formula is C28H33N7O3S. The highest BCUT2D eigenvalue weighted by atomic mass is 32.2. The average molecular weight is 548 g/mol. The van der Waals surface area contributed by atoms with E-state index >= 15 is 0 Å². The Balaban J connectivity index is 1.36. The normalized spacial score (nSPS) is 15.9. The standard InChI is InChI=1S/C28H33N7O3S/c1-17-15-23(24(38-2)16-21(17)18-7-11-29-12-8-18)32-28-33-26-20(9-13-30-26)27(34-28)31-22-6-4-5-19-10-14-35(25(19)22)39(3,36)37/h4-6,9,13,15-16,18,29H,7-8,10-12,14H2,1-3H3,(H3,30,31,32,33,34). The van der Waals surface area contributed by atoms with E-state index in [1.807, 2.05) is 30.5 Å². The number of methoxy groups -OCH3 is 1. The third-order valence-corrected chi connectivity index (χ3v) is 8.80. The van der Waals surface area contributed by atoms with E-state index in [0.717, 1.165) is 48.3 Å². The molecule has 1 fully saturated rings. The molecule has 0 radical (unpaired) electrons. The SMILES string of the molecule is COc1cc(C2CCNCC2)c(C)cc1Nc1nc(Nc2cccc3c2N(S(C)(=O)=O)CC3)c2cc[nH]c2n1. The smallest absolute Gasteiger partial charge is 0.232 e. The van der Waals surface area contributed by atoms with Gasteiger partial charge < -0.3 is 25.7 Å². The summed E-state index contributed by atoms with van der Waals surface area (Å²) in [6, 6.07) is 11.9. The monoisotopic (exact) mass is 547 g/mol. The number of fused-ring (bicyclic) bond motifs is 2. The molecule has 0 saturated carbocycles. The summed E-state index contributed by atoms with van der Waals surface area (Å²) in [7, 11) is -1.74. The molecule has 204 valence electrons. The molecule has 4 heterocycles. The number of para-hydroxylation sites is 1. The molecule has 0 unspecified atom stereocenters. The predicted octanol–water partition coefficient (Wildman–Crippen LogP) is 4.55. The van der Waals surface area contributed by atoms with Crippen LogP contribution in [0.4, 0.5) is 28.8 Å². The first kappa shape index (κ1) is 25.4. The molecule has 0 amide bonds. The second-order valence-electron chi connectivity index (χ2n) is 10.2. The maximum Gasteiger partial charge on any atom is 0.232 e. The van der Waals surface area contributed by atoms with Gasteiger partial charge in [-0.1, -0.05) is 12.1 Å². The molecule has 10 nitrogen and oxygen atoms in total. The summed E-state index contributed by atoms with van der Waals surface area (Å²) < 4.78 is 32.2. The van der Waals surface area contributed by atoms with Crippen LogP contribution in [0.1, 0.15) is 35.4 Å². The molecule has 0 spiro atoms. The molecule has 39 heavy (non-hydrogen) atoms. The number of anilines is 5. The first-order chi connectivity index (χ1) is 18.8. The Hall–Kier alpha value is -3.83. The van der Waals surface area contributed by atoms with E-state index in [2.05, 4.69) is 45.0 Å². The van der Waals surface area contributed by atoms with Gasteiger partial charge in [0.2, 0.25) is 16.0 Å². The molecule has 2 aliphatic heterocycles. The van der Waals surface area contributed by atoms with Crippen molar-refractivity contribution >= 4 is 49.9 Å². The quantitative estimate of drug-likeness (QED) is 0.266. The number of piperidine rings is 1. The Bertz CT molecular complexity index is 1640. The molecule has 4 N–H and O–H groups in total. The second kappa shape index (κ2) is 10.0. The molecule has 0 bridgehead atoms. The van der Waals surface area contributed by atoms with Gasteiger partial charge in [-0.25, -0.2) is 8.42 Å². The van der Waals surface area contributed by atoms with Gasteiger partial charge in [0.05, 0.1) is 35.8 Å². The van der Waals surface area contributed by atoms with Gasteiger partial charge >= 0.3 is 0 Å². The highest BCUT2D eigenvalue weighted by Gasteiger charge is 2.29. The van der Waals surface area contributed by atoms with Crippen LogP contribution in [0.25, 0.3) is 11.0 Å². The molecule has 0 atom stereocenters. The minimum atomic E-state index is -3.41. The third-order valence-electron chi connectivity index (χ3n) is 7.64. The van der Waals surface area contributed by atoms with E-state index < -0.39 is 10.0 Å². The minimum absolute atomic E-state index is 0.396. The van der Waals surface area contributed by atoms with Crippen LogP contribution in [0.15, 0.2) is 42.6 Å². The Labute approximate surface area is 228 Å². The summed E-state index contributed by atoms with van der Waals surface area (Å²) in [4.78, 5) is 12.7. The molecular weight excluding hydrogens is 514 g/mol. The Morgan fingerprint density at radius 1 is 1.08 bits per heavy atom. The number of aromatic nitrogens is 3. The van der Waals surface area contributed by atoms with Crippen molar-refractivity contribution in [1.29, 1.82) is 0 Å². The van der Waals surface area contributed by atoms with Crippen molar-refractivity contribution in [2.45, 2.75) is 32.1 Å². The number of ether oxygens (including phenoxy) is 1. The van der Waals surface area contributed by atoms with Crippen LogP contribution in [0.2, 0.25) is 0 Å². The van der Waals surface area contributed by atoms with Gasteiger partial charge in [-0.05, 0) is 86.1 Å². The lowest BCUT2D eigenvalue weighted by atomic mass is 9.87. The number of H-pyrrole nitrogens is 1. The van der Waals surface area contributed by atoms with Gasteiger partial charge in [-0.3, -0.25) is 4.31 Å². The summed E-state index contributed by atoms with van der Waals surface area (Å²) in [6.07, 6.45) is 5.93. The van der Waals surface area contributed by atoms with Gasteiger partial charge in [0.15, 0.2) is 0 Å². The number of hydrogen-bond acceptors (Lipinski definition) is 8. The average Bonchev–Trinajstić information content (AvgIpc) is 3.57. The van der Waals surface area contributed by atoms with E-state index in [1.165, 1.54) is 21.7 Å². The largest absolute Gasteiger partial charge is 0.495 e. The van der Waals surface area contributed by atoms with Gasteiger partial charge in [0.25, 0.3) is 0 Å². The van der Waals surface area contributed by atoms with Crippen molar-refractivity contribution in [3.8, 4) is 5.75 Å². The van der Waals surface area contributed by atoms with Gasteiger partial charge in [-0.15, -0.1) is 0 Å². The fourth-order valence-corrected chi connectivity index (χ4v) is 6.71. The summed E-state index contributed by atoms with van der Waals surface area (Å²) in [6.45, 7) is 4.61. The molecule has 0 aliphatic carbocycles. The van der Waals surface area contributed by atoms with Crippen LogP contribution in [0, 0.1) is 6.92 Å². The summed E-state index contributed by atoms with van der Waals surface area (Å²) in [5, 5.41) is 11.0. The molecule has 2 aromatic heterocycles. The zero-order valence-corrected chi connectivity index (χ0v) is 23.2. The Kier molecular flexibility index (Phi) is 6.56. The van der Waals surface area contributed by atoms with E-state index in [4.69, 9.17) is 9.72 Å². The van der Waals surface area contributed by atoms with Crippen LogP contribution in [0.3, 0.4) is 0 Å². The van der Waals surface area contributed by atoms with Crippen LogP contribution in [0.5, 0.6) is 5.75 Å². The number of rotatable bonds is 7. The molecule has 11 heteroatoms. The minimum Gasteiger partial charge on any atom is -0.495 e. The highest BCUT2D eigenvalue weighted by Crippen LogP contribution is 2.40. The van der Waals surface area contributed by atoms with Crippen LogP contribution >= 0.6 is 0 Å². The van der Waals surface area contributed by atoms with Crippen LogP contribution < -0.4 is 25.0 Å². The summed E-state index contributed by atoms with van der Waals surface area (Å²) in [5.41, 5.74) is 6.29. The van der Waals surface area contributed by atoms with E-state index in [9.17, 15) is 8.42 Å². The predicted molar refractivity (Wildman–Crippen MR) is 155 cm³/mol. The molecule has 4 aromatic rings. The number of nitrogens with zero attached hydrogens (tertiary/aromatic N) is 3. The number of aryl methyl sites for hydroxylation is 1. The number of hydrogen-bond donors (Lipinski definition) is 4. The zero-order valence-electron chi connectivity index (χ0n) is 22.3. The summed E-state index contributed by atoms with van der Waals surface area (Å²) >= 11 is 0. The maximum absolute atomic E-state index is 12.5. The second-order valence-corrected chi connectivity index (χ2v) is 12.1. The van der Waals surface area contributed by atoms with Crippen molar-refractivity contribution in [2.75, 3.05) is 47.9 Å². The molecule has 2 aliphatic rings. The topological polar surface area (TPSA) is 124 Å². The first-order valence-electron chi connectivity index (χ1n) is 13.2. The van der Waals surface area contributed by atoms with E-state index in [0.29, 0.717) is 47.7 Å². The van der Waals surface area contributed by atoms with Crippen molar-refractivity contribution in [3.05, 3.63) is 59.3 Å². The van der Waals surface area contributed by atoms with Crippen molar-refractivity contribution in [2.24, 2.45) is 0 Å². The number of aromatic amines is 1. The third kappa shape index (κ3) is 4.87. The van der Waals surface area contributed by atoms with Gasteiger partial charge in [0.1, 0.15) is 17.2 Å². The maximum atomic E-state index is 12.5. The first-order valence-corrected chi connectivity index (χ1v) is 15.0. The lowest BCUT2D eigenvalue weighted by molar-refractivity contribution is 0.413. The lowest BCUT2D eigenvalue weighted by Gasteiger charge is -2.25.